The minimum atomic E-state index is -0.503. The molecule has 8 heteroatoms. The minimum absolute atomic E-state index is 0.257. The van der Waals surface area contributed by atoms with Gasteiger partial charge >= 0.3 is 6.09 Å². The van der Waals surface area contributed by atoms with Crippen LogP contribution < -0.4 is 4.74 Å². The van der Waals surface area contributed by atoms with Crippen molar-refractivity contribution < 1.29 is 19.0 Å². The van der Waals surface area contributed by atoms with E-state index in [1.165, 1.54) is 42.6 Å². The molecule has 0 atom stereocenters. The second-order valence-electron chi connectivity index (χ2n) is 13.5. The Kier molecular flexibility index (Phi) is 8.55. The normalized spacial score (nSPS) is 18.3. The van der Waals surface area contributed by atoms with Gasteiger partial charge in [-0.25, -0.2) is 9.78 Å². The van der Waals surface area contributed by atoms with Crippen LogP contribution in [0.2, 0.25) is 0 Å². The van der Waals surface area contributed by atoms with Gasteiger partial charge in [-0.15, -0.1) is 11.3 Å². The van der Waals surface area contributed by atoms with Crippen LogP contribution in [0.25, 0.3) is 21.7 Å². The Morgan fingerprint density at radius 1 is 1.05 bits per heavy atom. The second kappa shape index (κ2) is 12.2. The van der Waals surface area contributed by atoms with Crippen LogP contribution in [0.5, 0.6) is 5.75 Å². The molecule has 2 fully saturated rings. The summed E-state index contributed by atoms with van der Waals surface area (Å²) in [6.45, 7) is 17.3. The zero-order valence-electron chi connectivity index (χ0n) is 26.3. The summed E-state index contributed by atoms with van der Waals surface area (Å²) in [5, 5.41) is 1.01. The van der Waals surface area contributed by atoms with Gasteiger partial charge in [0.1, 0.15) is 16.4 Å². The lowest BCUT2D eigenvalue weighted by atomic mass is 9.78. The summed E-state index contributed by atoms with van der Waals surface area (Å²) < 4.78 is 17.5. The average molecular weight is 604 g/mol. The van der Waals surface area contributed by atoms with Crippen molar-refractivity contribution in [3.63, 3.8) is 0 Å². The highest BCUT2D eigenvalue weighted by Crippen LogP contribution is 2.39. The SMILES string of the molecule is Cc1c(OCCCN2CCCC3(COC3)C2)cccc1-c1cccc(-c2nc3c(s2)CN(C(=O)OC(C)(C)C)CC3)c1C. The molecule has 3 aliphatic heterocycles. The molecule has 0 saturated carbocycles. The molecular formula is C35H45N3O4S. The standard InChI is InChI=1S/C35H45N3O4S/c1-24-26(10-6-12-28(24)32-36-29-14-18-38(20-31(29)43-32)33(39)42-34(3,4)5)27-11-7-13-30(25(27)2)41-19-9-17-37-16-8-15-35(21-37)22-40-23-35/h6-7,10-13H,8-9,14-23H2,1-5H3. The number of likely N-dealkylation sites (tertiary alicyclic amines) is 1. The predicted octanol–water partition coefficient (Wildman–Crippen LogP) is 7.27. The summed E-state index contributed by atoms with van der Waals surface area (Å²) in [6.07, 6.45) is 4.10. The van der Waals surface area contributed by atoms with Crippen LogP contribution in [0.4, 0.5) is 4.79 Å². The Hall–Kier alpha value is -2.94. The largest absolute Gasteiger partial charge is 0.493 e. The fourth-order valence-electron chi connectivity index (χ4n) is 6.61. The van der Waals surface area contributed by atoms with Crippen LogP contribution in [0.3, 0.4) is 0 Å². The summed E-state index contributed by atoms with van der Waals surface area (Å²) in [6, 6.07) is 12.8. The maximum Gasteiger partial charge on any atom is 0.410 e. The molecule has 2 saturated heterocycles. The van der Waals surface area contributed by atoms with Crippen LogP contribution >= 0.6 is 11.3 Å². The fraction of sp³-hybridized carbons (Fsp3) is 0.543. The first kappa shape index (κ1) is 30.1. The molecule has 0 aliphatic carbocycles. The molecule has 43 heavy (non-hydrogen) atoms. The van der Waals surface area contributed by atoms with E-state index >= 15 is 0 Å². The van der Waals surface area contributed by atoms with E-state index in [1.807, 2.05) is 20.8 Å². The van der Waals surface area contributed by atoms with Crippen LogP contribution in [-0.4, -0.2) is 72.5 Å². The van der Waals surface area contributed by atoms with Gasteiger partial charge in [-0.2, -0.15) is 0 Å². The number of rotatable bonds is 7. The topological polar surface area (TPSA) is 64.1 Å². The molecule has 1 amide bonds. The van der Waals surface area contributed by atoms with Crippen LogP contribution in [-0.2, 0) is 22.4 Å². The van der Waals surface area contributed by atoms with E-state index in [0.717, 1.165) is 65.1 Å². The van der Waals surface area contributed by atoms with Crippen molar-refractivity contribution in [1.82, 2.24) is 14.8 Å². The van der Waals surface area contributed by atoms with E-state index in [2.05, 4.69) is 55.1 Å². The number of ether oxygens (including phenoxy) is 3. The summed E-state index contributed by atoms with van der Waals surface area (Å²) in [4.78, 5) is 23.2. The number of nitrogens with zero attached hydrogens (tertiary/aromatic N) is 3. The minimum Gasteiger partial charge on any atom is -0.493 e. The monoisotopic (exact) mass is 603 g/mol. The third kappa shape index (κ3) is 6.61. The molecule has 0 N–H and O–H groups in total. The van der Waals surface area contributed by atoms with E-state index in [4.69, 9.17) is 19.2 Å². The number of carbonyl (C=O) groups excluding carboxylic acids is 1. The Bertz CT molecular complexity index is 1470. The lowest BCUT2D eigenvalue weighted by molar-refractivity contribution is -0.144. The van der Waals surface area contributed by atoms with Gasteiger partial charge in [0, 0.05) is 41.9 Å². The van der Waals surface area contributed by atoms with Crippen molar-refractivity contribution in [2.24, 2.45) is 5.41 Å². The quantitative estimate of drug-likeness (QED) is 0.265. The zero-order valence-corrected chi connectivity index (χ0v) is 27.1. The van der Waals surface area contributed by atoms with Gasteiger partial charge in [0.2, 0.25) is 0 Å². The fourth-order valence-corrected chi connectivity index (χ4v) is 7.82. The highest BCUT2D eigenvalue weighted by molar-refractivity contribution is 7.15. The molecule has 1 spiro atoms. The molecule has 0 radical (unpaired) electrons. The average Bonchev–Trinajstić information content (AvgIpc) is 3.38. The van der Waals surface area contributed by atoms with Crippen molar-refractivity contribution in [3.8, 4) is 27.4 Å². The number of hydrogen-bond donors (Lipinski definition) is 0. The number of benzene rings is 2. The van der Waals surface area contributed by atoms with Gasteiger partial charge in [0.15, 0.2) is 0 Å². The Morgan fingerprint density at radius 2 is 1.79 bits per heavy atom. The third-order valence-electron chi connectivity index (χ3n) is 8.95. The van der Waals surface area contributed by atoms with Crippen molar-refractivity contribution >= 4 is 17.4 Å². The van der Waals surface area contributed by atoms with E-state index in [0.29, 0.717) is 25.1 Å². The van der Waals surface area contributed by atoms with Gasteiger partial charge in [-0.3, -0.25) is 0 Å². The van der Waals surface area contributed by atoms with E-state index in [9.17, 15) is 4.79 Å². The first-order valence-electron chi connectivity index (χ1n) is 15.7. The second-order valence-corrected chi connectivity index (χ2v) is 14.6. The van der Waals surface area contributed by atoms with Crippen LogP contribution in [0.15, 0.2) is 36.4 Å². The molecule has 230 valence electrons. The Balaban J connectivity index is 1.13. The molecule has 3 aromatic rings. The summed E-state index contributed by atoms with van der Waals surface area (Å²) in [5.41, 5.74) is 6.92. The lowest BCUT2D eigenvalue weighted by Gasteiger charge is -2.48. The number of amides is 1. The number of piperidine rings is 1. The molecule has 6 rings (SSSR count). The van der Waals surface area contributed by atoms with Gasteiger partial charge in [0.05, 0.1) is 32.1 Å². The van der Waals surface area contributed by atoms with Gasteiger partial charge in [-0.1, -0.05) is 30.3 Å². The van der Waals surface area contributed by atoms with Crippen LogP contribution in [0, 0.1) is 19.3 Å². The van der Waals surface area contributed by atoms with Crippen molar-refractivity contribution in [2.45, 2.75) is 72.4 Å². The first-order chi connectivity index (χ1) is 20.6. The third-order valence-corrected chi connectivity index (χ3v) is 10.1. The number of carbonyl (C=O) groups is 1. The number of aromatic nitrogens is 1. The van der Waals surface area contributed by atoms with E-state index in [-0.39, 0.29) is 6.09 Å². The van der Waals surface area contributed by atoms with Gasteiger partial charge in [-0.05, 0) is 88.7 Å². The zero-order chi connectivity index (χ0) is 30.2. The maximum absolute atomic E-state index is 12.7. The van der Waals surface area contributed by atoms with Crippen molar-refractivity contribution in [2.75, 3.05) is 46.0 Å². The van der Waals surface area contributed by atoms with Gasteiger partial charge < -0.3 is 24.0 Å². The Labute approximate surface area is 260 Å². The molecule has 2 aromatic carbocycles. The number of hydrogen-bond acceptors (Lipinski definition) is 7. The summed E-state index contributed by atoms with van der Waals surface area (Å²) >= 11 is 1.69. The first-order valence-corrected chi connectivity index (χ1v) is 16.5. The van der Waals surface area contributed by atoms with Crippen molar-refractivity contribution in [1.29, 1.82) is 0 Å². The number of fused-ring (bicyclic) bond motifs is 1. The number of thiazole rings is 1. The molecule has 1 aromatic heterocycles. The maximum atomic E-state index is 12.7. The molecule has 0 unspecified atom stereocenters. The molecular weight excluding hydrogens is 558 g/mol. The van der Waals surface area contributed by atoms with Crippen LogP contribution in [0.1, 0.15) is 61.7 Å². The van der Waals surface area contributed by atoms with E-state index < -0.39 is 5.60 Å². The van der Waals surface area contributed by atoms with Gasteiger partial charge in [0.25, 0.3) is 0 Å². The summed E-state index contributed by atoms with van der Waals surface area (Å²) in [7, 11) is 0. The van der Waals surface area contributed by atoms with E-state index in [1.54, 1.807) is 16.2 Å². The molecule has 0 bridgehead atoms. The highest BCUT2D eigenvalue weighted by Gasteiger charge is 2.41. The highest BCUT2D eigenvalue weighted by atomic mass is 32.1. The molecule has 7 nitrogen and oxygen atoms in total. The lowest BCUT2D eigenvalue weighted by Crippen LogP contribution is -2.54. The smallest absolute Gasteiger partial charge is 0.410 e. The van der Waals surface area contributed by atoms with Crippen molar-refractivity contribution in [3.05, 3.63) is 58.1 Å². The summed E-state index contributed by atoms with van der Waals surface area (Å²) in [5.74, 6) is 0.955. The molecule has 3 aliphatic rings. The Morgan fingerprint density at radius 3 is 2.53 bits per heavy atom. The molecule has 4 heterocycles. The predicted molar refractivity (Wildman–Crippen MR) is 172 cm³/mol.